The molecule has 0 bridgehead atoms. The van der Waals surface area contributed by atoms with Crippen molar-refractivity contribution in [2.75, 3.05) is 5.73 Å². The first-order valence-corrected chi connectivity index (χ1v) is 6.84. The van der Waals surface area contributed by atoms with Gasteiger partial charge in [0.25, 0.3) is 0 Å². The summed E-state index contributed by atoms with van der Waals surface area (Å²) < 4.78 is 0. The Hall–Kier alpha value is -0.340. The molecule has 1 fully saturated rings. The lowest BCUT2D eigenvalue weighted by Crippen LogP contribution is -1.98. The normalized spacial score (nSPS) is 17.1. The Morgan fingerprint density at radius 2 is 2.07 bits per heavy atom. The summed E-state index contributed by atoms with van der Waals surface area (Å²) in [6, 6.07) is 5.75. The second kappa shape index (κ2) is 5.13. The number of benzene rings is 1. The lowest BCUT2D eigenvalue weighted by Gasteiger charge is -2.11. The summed E-state index contributed by atoms with van der Waals surface area (Å²) in [6.45, 7) is 0. The predicted octanol–water partition coefficient (Wildman–Crippen LogP) is 4.10. The zero-order valence-corrected chi connectivity index (χ0v) is 10.3. The number of hydrogen-bond acceptors (Lipinski definition) is 2. The lowest BCUT2D eigenvalue weighted by atomic mass is 10.2. The molecule has 1 aromatic carbocycles. The summed E-state index contributed by atoms with van der Waals surface area (Å²) in [7, 11) is 0. The van der Waals surface area contributed by atoms with Crippen molar-refractivity contribution in [3.8, 4) is 0 Å². The number of halogens is 1. The first kappa shape index (κ1) is 11.2. The lowest BCUT2D eigenvalue weighted by molar-refractivity contribution is 0.886. The van der Waals surface area contributed by atoms with Crippen LogP contribution in [0.4, 0.5) is 5.69 Å². The van der Waals surface area contributed by atoms with Crippen LogP contribution in [0.3, 0.4) is 0 Å². The van der Waals surface area contributed by atoms with Gasteiger partial charge >= 0.3 is 0 Å². The van der Waals surface area contributed by atoms with E-state index in [9.17, 15) is 0 Å². The minimum absolute atomic E-state index is 0.806. The molecule has 2 N–H and O–H groups in total. The van der Waals surface area contributed by atoms with Crippen molar-refractivity contribution in [2.24, 2.45) is 0 Å². The highest BCUT2D eigenvalue weighted by Crippen LogP contribution is 2.34. The van der Waals surface area contributed by atoms with E-state index < -0.39 is 0 Å². The van der Waals surface area contributed by atoms with Crippen LogP contribution in [0.25, 0.3) is 0 Å². The van der Waals surface area contributed by atoms with Crippen molar-refractivity contribution in [3.63, 3.8) is 0 Å². The van der Waals surface area contributed by atoms with E-state index in [1.807, 2.05) is 30.0 Å². The van der Waals surface area contributed by atoms with Gasteiger partial charge in [-0.1, -0.05) is 30.5 Å². The van der Waals surface area contributed by atoms with Gasteiger partial charge in [0.1, 0.15) is 0 Å². The summed E-state index contributed by atoms with van der Waals surface area (Å²) in [6.07, 6.45) is 5.48. The molecular formula is C12H16ClNS. The molecule has 1 saturated carbocycles. The molecule has 1 aliphatic carbocycles. The van der Waals surface area contributed by atoms with Gasteiger partial charge in [-0.05, 0) is 25.0 Å². The van der Waals surface area contributed by atoms with Crippen LogP contribution in [-0.4, -0.2) is 5.25 Å². The third-order valence-corrected chi connectivity index (χ3v) is 4.67. The SMILES string of the molecule is Nc1cccc(Cl)c1CSC1CCCC1. The standard InChI is InChI=1S/C12H16ClNS/c13-11-6-3-7-12(14)10(11)8-15-9-4-1-2-5-9/h3,6-7,9H,1-2,4-5,8,14H2. The van der Waals surface area contributed by atoms with Crippen LogP contribution in [0.5, 0.6) is 0 Å². The third-order valence-electron chi connectivity index (χ3n) is 2.92. The van der Waals surface area contributed by atoms with Gasteiger partial charge in [-0.15, -0.1) is 0 Å². The molecule has 0 aromatic heterocycles. The molecule has 0 saturated heterocycles. The summed E-state index contributed by atoms with van der Waals surface area (Å²) in [5.41, 5.74) is 7.84. The van der Waals surface area contributed by atoms with Crippen LogP contribution in [0.2, 0.25) is 5.02 Å². The Kier molecular flexibility index (Phi) is 3.81. The number of nitrogen functional groups attached to an aromatic ring is 1. The molecule has 0 atom stereocenters. The molecule has 82 valence electrons. The van der Waals surface area contributed by atoms with E-state index in [2.05, 4.69) is 0 Å². The number of anilines is 1. The maximum Gasteiger partial charge on any atom is 0.0466 e. The molecule has 0 spiro atoms. The molecule has 0 aliphatic heterocycles. The van der Waals surface area contributed by atoms with Crippen LogP contribution in [0.15, 0.2) is 18.2 Å². The van der Waals surface area contributed by atoms with Gasteiger partial charge in [0, 0.05) is 27.3 Å². The average molecular weight is 242 g/mol. The number of thioether (sulfide) groups is 1. The topological polar surface area (TPSA) is 26.0 Å². The van der Waals surface area contributed by atoms with Crippen LogP contribution in [-0.2, 0) is 5.75 Å². The van der Waals surface area contributed by atoms with E-state index in [0.29, 0.717) is 0 Å². The van der Waals surface area contributed by atoms with Crippen molar-refractivity contribution in [3.05, 3.63) is 28.8 Å². The molecule has 3 heteroatoms. The quantitative estimate of drug-likeness (QED) is 0.807. The zero-order chi connectivity index (χ0) is 10.7. The van der Waals surface area contributed by atoms with Gasteiger partial charge in [0.2, 0.25) is 0 Å². The minimum Gasteiger partial charge on any atom is -0.398 e. The van der Waals surface area contributed by atoms with Gasteiger partial charge < -0.3 is 5.73 Å². The molecule has 15 heavy (non-hydrogen) atoms. The zero-order valence-electron chi connectivity index (χ0n) is 8.71. The molecular weight excluding hydrogens is 226 g/mol. The first-order chi connectivity index (χ1) is 7.27. The van der Waals surface area contributed by atoms with E-state index in [1.54, 1.807) is 0 Å². The highest BCUT2D eigenvalue weighted by atomic mass is 35.5. The fourth-order valence-electron chi connectivity index (χ4n) is 1.98. The Morgan fingerprint density at radius 1 is 1.33 bits per heavy atom. The number of rotatable bonds is 3. The maximum absolute atomic E-state index is 6.12. The van der Waals surface area contributed by atoms with Crippen molar-refractivity contribution in [1.29, 1.82) is 0 Å². The molecule has 0 heterocycles. The van der Waals surface area contributed by atoms with Crippen LogP contribution >= 0.6 is 23.4 Å². The van der Waals surface area contributed by atoms with Crippen LogP contribution < -0.4 is 5.73 Å². The second-order valence-electron chi connectivity index (χ2n) is 4.03. The van der Waals surface area contributed by atoms with E-state index in [4.69, 9.17) is 17.3 Å². The van der Waals surface area contributed by atoms with Gasteiger partial charge in [-0.3, -0.25) is 0 Å². The Balaban J connectivity index is 1.97. The van der Waals surface area contributed by atoms with Crippen molar-refractivity contribution >= 4 is 29.1 Å². The fraction of sp³-hybridized carbons (Fsp3) is 0.500. The highest BCUT2D eigenvalue weighted by molar-refractivity contribution is 7.99. The third kappa shape index (κ3) is 2.82. The van der Waals surface area contributed by atoms with Gasteiger partial charge in [0.05, 0.1) is 0 Å². The Morgan fingerprint density at radius 3 is 2.73 bits per heavy atom. The summed E-state index contributed by atoms with van der Waals surface area (Å²) >= 11 is 8.12. The van der Waals surface area contributed by atoms with Crippen LogP contribution in [0, 0.1) is 0 Å². The van der Waals surface area contributed by atoms with E-state index in [1.165, 1.54) is 25.7 Å². The summed E-state index contributed by atoms with van der Waals surface area (Å²) in [5, 5.41) is 1.63. The second-order valence-corrected chi connectivity index (χ2v) is 5.72. The van der Waals surface area contributed by atoms with E-state index in [0.717, 1.165) is 27.3 Å². The van der Waals surface area contributed by atoms with Gasteiger partial charge in [0.15, 0.2) is 0 Å². The first-order valence-electron chi connectivity index (χ1n) is 5.42. The monoisotopic (exact) mass is 241 g/mol. The average Bonchev–Trinajstić information content (AvgIpc) is 2.70. The Labute approximate surface area is 100 Å². The number of nitrogens with two attached hydrogens (primary N) is 1. The highest BCUT2D eigenvalue weighted by Gasteiger charge is 2.16. The van der Waals surface area contributed by atoms with Crippen molar-refractivity contribution < 1.29 is 0 Å². The van der Waals surface area contributed by atoms with E-state index in [-0.39, 0.29) is 0 Å². The molecule has 0 amide bonds. The summed E-state index contributed by atoms with van der Waals surface area (Å²) in [5.74, 6) is 0.955. The maximum atomic E-state index is 6.12. The predicted molar refractivity (Wildman–Crippen MR) is 69.4 cm³/mol. The van der Waals surface area contributed by atoms with Crippen LogP contribution in [0.1, 0.15) is 31.2 Å². The van der Waals surface area contributed by atoms with Crippen molar-refractivity contribution in [2.45, 2.75) is 36.7 Å². The largest absolute Gasteiger partial charge is 0.398 e. The number of hydrogen-bond donors (Lipinski definition) is 1. The van der Waals surface area contributed by atoms with Gasteiger partial charge in [-0.25, -0.2) is 0 Å². The Bertz CT molecular complexity index is 314. The molecule has 1 aliphatic rings. The van der Waals surface area contributed by atoms with E-state index >= 15 is 0 Å². The molecule has 1 aromatic rings. The minimum atomic E-state index is 0.806. The van der Waals surface area contributed by atoms with Gasteiger partial charge in [-0.2, -0.15) is 11.8 Å². The van der Waals surface area contributed by atoms with Crippen molar-refractivity contribution in [1.82, 2.24) is 0 Å². The molecule has 0 unspecified atom stereocenters. The molecule has 1 nitrogen and oxygen atoms in total. The fourth-order valence-corrected chi connectivity index (χ4v) is 3.70. The smallest absolute Gasteiger partial charge is 0.0466 e. The summed E-state index contributed by atoms with van der Waals surface area (Å²) in [4.78, 5) is 0. The molecule has 0 radical (unpaired) electrons. The molecule has 2 rings (SSSR count).